The third kappa shape index (κ3) is 60.7. The fourth-order valence-corrected chi connectivity index (χ4v) is 9.60. The Balaban J connectivity index is 4.07. The second-order valence-electron chi connectivity index (χ2n) is 23.4. The van der Waals surface area contributed by atoms with Crippen LogP contribution < -0.4 is 0 Å². The van der Waals surface area contributed by atoms with Crippen molar-refractivity contribution < 1.29 is 42.9 Å². The highest BCUT2D eigenvalue weighted by atomic mass is 16.7. The van der Waals surface area contributed by atoms with Gasteiger partial charge in [-0.25, -0.2) is 4.79 Å². The van der Waals surface area contributed by atoms with Gasteiger partial charge in [0.05, 0.1) is 34.4 Å². The molecule has 0 saturated carbocycles. The second-order valence-corrected chi connectivity index (χ2v) is 23.4. The number of aliphatic carboxylic acids is 1. The normalized spacial score (nSPS) is 13.0. The summed E-state index contributed by atoms with van der Waals surface area (Å²) in [6.07, 6.45) is 72.1. The molecule has 0 aromatic heterocycles. The van der Waals surface area contributed by atoms with Gasteiger partial charge in [-0.15, -0.1) is 0 Å². The third-order valence-electron chi connectivity index (χ3n) is 14.6. The zero-order valence-corrected chi connectivity index (χ0v) is 51.4. The number of carbonyl (C=O) groups is 3. The van der Waals surface area contributed by atoms with Crippen molar-refractivity contribution >= 4 is 17.9 Å². The van der Waals surface area contributed by atoms with Crippen LogP contribution in [0.2, 0.25) is 0 Å². The molecule has 0 rings (SSSR count). The third-order valence-corrected chi connectivity index (χ3v) is 14.6. The van der Waals surface area contributed by atoms with E-state index in [-0.39, 0.29) is 38.2 Å². The molecule has 1 N–H and O–H groups in total. The van der Waals surface area contributed by atoms with Gasteiger partial charge < -0.3 is 28.5 Å². The first-order chi connectivity index (χ1) is 37.6. The lowest BCUT2D eigenvalue weighted by molar-refractivity contribution is -0.870. The number of allylic oxidation sites excluding steroid dienone is 8. The molecule has 0 spiro atoms. The van der Waals surface area contributed by atoms with Crippen molar-refractivity contribution in [3.8, 4) is 0 Å². The molecule has 2 atom stereocenters. The van der Waals surface area contributed by atoms with Gasteiger partial charge in [-0.05, 0) is 51.4 Å². The lowest BCUT2D eigenvalue weighted by Crippen LogP contribution is -2.40. The monoisotopic (exact) mass is 1080 g/mol. The molecule has 0 aliphatic carbocycles. The SMILES string of the molecule is CC/C=C\C/C=C\C/C=C\C/C=C\CCCCCCCCCCCCCCCCCCCCCCC(=O)OC(COC(=O)CCCCCCCCCCCCCCCCCCCCC)COC(OCC[N+](C)(C)C)C(=O)O. The molecular formula is C68H126NO8+. The molecule has 9 nitrogen and oxygen atoms in total. The maximum atomic E-state index is 12.9. The first kappa shape index (κ1) is 74.2. The van der Waals surface area contributed by atoms with E-state index in [4.69, 9.17) is 18.9 Å². The largest absolute Gasteiger partial charge is 0.477 e. The van der Waals surface area contributed by atoms with Crippen LogP contribution in [0.3, 0.4) is 0 Å². The number of carbonyl (C=O) groups excluding carboxylic acids is 2. The average Bonchev–Trinajstić information content (AvgIpc) is 3.40. The van der Waals surface area contributed by atoms with Crippen LogP contribution in [0.1, 0.15) is 309 Å². The number of rotatable bonds is 61. The average molecular weight is 1090 g/mol. The highest BCUT2D eigenvalue weighted by Gasteiger charge is 2.25. The molecule has 0 bridgehead atoms. The molecule has 2 unspecified atom stereocenters. The lowest BCUT2D eigenvalue weighted by Gasteiger charge is -2.25. The number of likely N-dealkylation sites (N-methyl/N-ethyl adjacent to an activating group) is 1. The van der Waals surface area contributed by atoms with E-state index in [1.807, 2.05) is 21.1 Å². The molecule has 0 aliphatic rings. The van der Waals surface area contributed by atoms with Crippen LogP contribution in [0.25, 0.3) is 0 Å². The van der Waals surface area contributed by atoms with Crippen LogP contribution >= 0.6 is 0 Å². The van der Waals surface area contributed by atoms with Crippen molar-refractivity contribution in [2.75, 3.05) is 47.5 Å². The Hall–Kier alpha value is -2.75. The molecule has 0 saturated heterocycles. The van der Waals surface area contributed by atoms with Crippen molar-refractivity contribution in [3.05, 3.63) is 48.6 Å². The van der Waals surface area contributed by atoms with E-state index in [0.717, 1.165) is 64.2 Å². The van der Waals surface area contributed by atoms with Gasteiger partial charge in [0, 0.05) is 12.8 Å². The van der Waals surface area contributed by atoms with Crippen LogP contribution in [-0.2, 0) is 33.3 Å². The van der Waals surface area contributed by atoms with Crippen LogP contribution in [-0.4, -0.2) is 87.4 Å². The molecule has 77 heavy (non-hydrogen) atoms. The molecule has 0 amide bonds. The maximum Gasteiger partial charge on any atom is 0.361 e. The first-order valence-electron chi connectivity index (χ1n) is 32.8. The standard InChI is InChI=1S/C68H125NO8/c1-6-8-10-12-14-16-18-20-22-24-26-27-28-29-30-31-32-33-34-35-36-37-38-39-41-43-45-47-49-51-53-55-57-59-66(71)77-64(63-76-68(67(72)73)74-61-60-69(3,4)5)62-75-65(70)58-56-54-52-50-48-46-44-42-40-25-23-21-19-17-15-13-11-9-7-2/h8,10,14,16,20,22,26-27,64,68H,6-7,9,11-13,15,17-19,21,23-25,28-63H2,1-5H3/p+1/b10-8-,16-14-,22-20-,27-26-. The summed E-state index contributed by atoms with van der Waals surface area (Å²) >= 11 is 0. The minimum atomic E-state index is -1.51. The van der Waals surface area contributed by atoms with Gasteiger partial charge in [0.1, 0.15) is 13.2 Å². The maximum absolute atomic E-state index is 12.9. The topological polar surface area (TPSA) is 108 Å². The molecule has 0 heterocycles. The number of hydrogen-bond acceptors (Lipinski definition) is 7. The van der Waals surface area contributed by atoms with Crippen LogP contribution in [0.15, 0.2) is 48.6 Å². The van der Waals surface area contributed by atoms with E-state index in [1.54, 1.807) is 0 Å². The summed E-state index contributed by atoms with van der Waals surface area (Å²) in [5, 5.41) is 9.73. The first-order valence-corrected chi connectivity index (χ1v) is 32.8. The van der Waals surface area contributed by atoms with E-state index in [0.29, 0.717) is 17.4 Å². The Morgan fingerprint density at radius 3 is 1.10 bits per heavy atom. The van der Waals surface area contributed by atoms with Crippen molar-refractivity contribution in [1.82, 2.24) is 0 Å². The minimum absolute atomic E-state index is 0.176. The van der Waals surface area contributed by atoms with Gasteiger partial charge in [0.15, 0.2) is 6.10 Å². The Morgan fingerprint density at radius 2 is 0.740 bits per heavy atom. The van der Waals surface area contributed by atoms with E-state index in [9.17, 15) is 19.5 Å². The number of carboxylic acids is 1. The van der Waals surface area contributed by atoms with E-state index in [1.165, 1.54) is 218 Å². The van der Waals surface area contributed by atoms with E-state index in [2.05, 4.69) is 62.5 Å². The summed E-state index contributed by atoms with van der Waals surface area (Å²) in [5.41, 5.74) is 0. The van der Waals surface area contributed by atoms with Crippen molar-refractivity contribution in [2.24, 2.45) is 0 Å². The van der Waals surface area contributed by atoms with Gasteiger partial charge in [-0.1, -0.05) is 294 Å². The zero-order chi connectivity index (χ0) is 56.2. The van der Waals surface area contributed by atoms with Gasteiger partial charge in [-0.3, -0.25) is 9.59 Å². The minimum Gasteiger partial charge on any atom is -0.477 e. The number of hydrogen-bond donors (Lipinski definition) is 1. The Kier molecular flexibility index (Phi) is 57.3. The summed E-state index contributed by atoms with van der Waals surface area (Å²) in [7, 11) is 5.98. The van der Waals surface area contributed by atoms with E-state index < -0.39 is 18.4 Å². The Labute approximate surface area is 476 Å². The molecular weight excluding hydrogens is 959 g/mol. The molecule has 0 fully saturated rings. The summed E-state index contributed by atoms with van der Waals surface area (Å²) < 4.78 is 23.0. The number of ether oxygens (including phenoxy) is 4. The van der Waals surface area contributed by atoms with Crippen LogP contribution in [0.4, 0.5) is 0 Å². The lowest BCUT2D eigenvalue weighted by atomic mass is 10.0. The van der Waals surface area contributed by atoms with Gasteiger partial charge >= 0.3 is 17.9 Å². The van der Waals surface area contributed by atoms with E-state index >= 15 is 0 Å². The smallest absolute Gasteiger partial charge is 0.361 e. The molecule has 450 valence electrons. The summed E-state index contributed by atoms with van der Waals surface area (Å²) in [6, 6.07) is 0. The number of nitrogens with zero attached hydrogens (tertiary/aromatic N) is 1. The van der Waals surface area contributed by atoms with Crippen molar-refractivity contribution in [3.63, 3.8) is 0 Å². The highest BCUT2D eigenvalue weighted by molar-refractivity contribution is 5.71. The van der Waals surface area contributed by atoms with Crippen molar-refractivity contribution in [2.45, 2.75) is 322 Å². The van der Waals surface area contributed by atoms with Gasteiger partial charge in [0.2, 0.25) is 0 Å². The van der Waals surface area contributed by atoms with Crippen molar-refractivity contribution in [1.29, 1.82) is 0 Å². The van der Waals surface area contributed by atoms with Gasteiger partial charge in [-0.2, -0.15) is 0 Å². The predicted molar refractivity (Wildman–Crippen MR) is 327 cm³/mol. The number of quaternary nitrogens is 1. The molecule has 9 heteroatoms. The van der Waals surface area contributed by atoms with Gasteiger partial charge in [0.25, 0.3) is 6.29 Å². The number of unbranched alkanes of at least 4 members (excludes halogenated alkanes) is 38. The molecule has 0 aromatic carbocycles. The fraction of sp³-hybridized carbons (Fsp3) is 0.838. The summed E-state index contributed by atoms with van der Waals surface area (Å²) in [6.45, 7) is 4.82. The number of carboxylic acid groups (broad SMARTS) is 1. The molecule has 0 aliphatic heterocycles. The summed E-state index contributed by atoms with van der Waals surface area (Å²) in [5.74, 6) is -1.98. The molecule has 0 radical (unpaired) electrons. The molecule has 0 aromatic rings. The van der Waals surface area contributed by atoms with Crippen LogP contribution in [0, 0.1) is 0 Å². The Morgan fingerprint density at radius 1 is 0.403 bits per heavy atom. The predicted octanol–water partition coefficient (Wildman–Crippen LogP) is 19.8. The number of esters is 2. The zero-order valence-electron chi connectivity index (χ0n) is 51.4. The highest BCUT2D eigenvalue weighted by Crippen LogP contribution is 2.18. The summed E-state index contributed by atoms with van der Waals surface area (Å²) in [4.78, 5) is 37.5. The quantitative estimate of drug-likeness (QED) is 0.0211. The van der Waals surface area contributed by atoms with Crippen LogP contribution in [0.5, 0.6) is 0 Å². The second kappa shape index (κ2) is 59.4. The Bertz CT molecular complexity index is 1400. The fourth-order valence-electron chi connectivity index (χ4n) is 9.60.